The number of nitrogens with zero attached hydrogens (tertiary/aromatic N) is 3. The zero-order valence-corrected chi connectivity index (χ0v) is 19.5. The van der Waals surface area contributed by atoms with Crippen molar-refractivity contribution in [1.82, 2.24) is 15.0 Å². The molecule has 0 aliphatic carbocycles. The smallest absolute Gasteiger partial charge is 0.229 e. The van der Waals surface area contributed by atoms with Crippen molar-refractivity contribution in [3.05, 3.63) is 54.2 Å². The van der Waals surface area contributed by atoms with E-state index in [0.29, 0.717) is 43.3 Å². The van der Waals surface area contributed by atoms with Gasteiger partial charge >= 0.3 is 0 Å². The fourth-order valence-electron chi connectivity index (χ4n) is 4.25. The average molecular weight is 480 g/mol. The fourth-order valence-corrected chi connectivity index (χ4v) is 4.25. The Kier molecular flexibility index (Phi) is 6.12. The van der Waals surface area contributed by atoms with Gasteiger partial charge in [-0.25, -0.2) is 18.7 Å². The maximum atomic E-state index is 14.9. The van der Waals surface area contributed by atoms with E-state index in [1.54, 1.807) is 6.07 Å². The fraction of sp³-hybridized carbons (Fsp3) is 0.280. The molecule has 0 amide bonds. The van der Waals surface area contributed by atoms with Crippen LogP contribution in [-0.2, 0) is 0 Å². The molecule has 2 aromatic heterocycles. The van der Waals surface area contributed by atoms with Gasteiger partial charge in [0.15, 0.2) is 17.4 Å². The van der Waals surface area contributed by atoms with E-state index in [1.165, 1.54) is 6.07 Å². The summed E-state index contributed by atoms with van der Waals surface area (Å²) in [5.41, 5.74) is 8.31. The van der Waals surface area contributed by atoms with Crippen molar-refractivity contribution in [2.75, 3.05) is 41.8 Å². The lowest BCUT2D eigenvalue weighted by Crippen LogP contribution is -2.38. The minimum Gasteiger partial charge on any atom is -0.486 e. The second-order valence-electron chi connectivity index (χ2n) is 8.66. The number of aromatic amines is 1. The molecule has 0 atom stereocenters. The molecule has 5 N–H and O–H groups in total. The molecule has 8 nitrogen and oxygen atoms in total. The SMILES string of the molecule is CC(C)N1CCOc2c(F)cc(-c3nc(Nc4cc5ccc(NCCN)cc5[nH]4)ncc3F)cc21. The Bertz CT molecular complexity index is 1370. The van der Waals surface area contributed by atoms with Crippen LogP contribution in [-0.4, -0.2) is 47.2 Å². The maximum Gasteiger partial charge on any atom is 0.229 e. The van der Waals surface area contributed by atoms with Crippen molar-refractivity contribution in [3.8, 4) is 17.0 Å². The number of rotatable bonds is 7. The zero-order chi connectivity index (χ0) is 24.5. The Hall–Kier alpha value is -3.92. The van der Waals surface area contributed by atoms with Crippen molar-refractivity contribution in [1.29, 1.82) is 0 Å². The Morgan fingerprint density at radius 3 is 2.83 bits per heavy atom. The summed E-state index contributed by atoms with van der Waals surface area (Å²) in [6.07, 6.45) is 1.08. The summed E-state index contributed by atoms with van der Waals surface area (Å²) < 4.78 is 35.2. The van der Waals surface area contributed by atoms with Crippen LogP contribution in [0, 0.1) is 11.6 Å². The highest BCUT2D eigenvalue weighted by molar-refractivity contribution is 5.87. The molecule has 4 aromatic rings. The first-order valence-corrected chi connectivity index (χ1v) is 11.5. The molecule has 0 spiro atoms. The molecular formula is C25H27F2N7O. The second-order valence-corrected chi connectivity index (χ2v) is 8.66. The van der Waals surface area contributed by atoms with Crippen LogP contribution in [0.15, 0.2) is 42.6 Å². The molecule has 2 aromatic carbocycles. The number of fused-ring (bicyclic) bond motifs is 2. The molecule has 3 heterocycles. The second kappa shape index (κ2) is 9.38. The monoisotopic (exact) mass is 479 g/mol. The minimum absolute atomic E-state index is 0.00265. The van der Waals surface area contributed by atoms with Gasteiger partial charge < -0.3 is 31.0 Å². The van der Waals surface area contributed by atoms with Crippen molar-refractivity contribution >= 4 is 34.0 Å². The largest absolute Gasteiger partial charge is 0.486 e. The van der Waals surface area contributed by atoms with E-state index < -0.39 is 11.6 Å². The highest BCUT2D eigenvalue weighted by Crippen LogP contribution is 2.39. The number of nitrogens with one attached hydrogen (secondary N) is 3. The molecule has 5 rings (SSSR count). The van der Waals surface area contributed by atoms with Crippen LogP contribution in [0.2, 0.25) is 0 Å². The third-order valence-corrected chi connectivity index (χ3v) is 5.90. The molecule has 10 heteroatoms. The molecule has 1 aliphatic rings. The summed E-state index contributed by atoms with van der Waals surface area (Å²) in [5, 5.41) is 7.31. The van der Waals surface area contributed by atoms with Gasteiger partial charge in [-0.3, -0.25) is 0 Å². The van der Waals surface area contributed by atoms with Crippen molar-refractivity contribution in [2.24, 2.45) is 5.73 Å². The maximum absolute atomic E-state index is 14.9. The molecule has 0 bridgehead atoms. The molecule has 0 radical (unpaired) electrons. The van der Waals surface area contributed by atoms with E-state index >= 15 is 0 Å². The van der Waals surface area contributed by atoms with Crippen LogP contribution in [0.25, 0.3) is 22.2 Å². The van der Waals surface area contributed by atoms with Gasteiger partial charge in [0, 0.05) is 41.3 Å². The van der Waals surface area contributed by atoms with Crippen molar-refractivity contribution in [2.45, 2.75) is 19.9 Å². The van der Waals surface area contributed by atoms with E-state index in [2.05, 4.69) is 25.6 Å². The zero-order valence-electron chi connectivity index (χ0n) is 19.5. The van der Waals surface area contributed by atoms with Crippen LogP contribution in [0.3, 0.4) is 0 Å². The topological polar surface area (TPSA) is 104 Å². The van der Waals surface area contributed by atoms with Gasteiger partial charge in [0.1, 0.15) is 18.1 Å². The van der Waals surface area contributed by atoms with Crippen LogP contribution in [0.4, 0.5) is 31.9 Å². The summed E-state index contributed by atoms with van der Waals surface area (Å²) in [5.74, 6) is -0.186. The van der Waals surface area contributed by atoms with Crippen LogP contribution < -0.4 is 26.0 Å². The Balaban J connectivity index is 1.46. The van der Waals surface area contributed by atoms with Crippen LogP contribution in [0.5, 0.6) is 5.75 Å². The lowest BCUT2D eigenvalue weighted by atomic mass is 10.1. The van der Waals surface area contributed by atoms with E-state index in [1.807, 2.05) is 43.0 Å². The Labute approximate surface area is 201 Å². The van der Waals surface area contributed by atoms with Gasteiger partial charge in [-0.05, 0) is 44.2 Å². The molecular weight excluding hydrogens is 452 g/mol. The van der Waals surface area contributed by atoms with Gasteiger partial charge in [0.25, 0.3) is 0 Å². The molecule has 0 fully saturated rings. The van der Waals surface area contributed by atoms with Gasteiger partial charge in [0.05, 0.1) is 18.4 Å². The number of nitrogens with two attached hydrogens (primary N) is 1. The number of aromatic nitrogens is 3. The highest BCUT2D eigenvalue weighted by Gasteiger charge is 2.25. The van der Waals surface area contributed by atoms with E-state index in [-0.39, 0.29) is 23.4 Å². The summed E-state index contributed by atoms with van der Waals surface area (Å²) in [4.78, 5) is 13.7. The molecule has 0 saturated carbocycles. The number of hydrogen-bond donors (Lipinski definition) is 4. The highest BCUT2D eigenvalue weighted by atomic mass is 19.1. The first-order valence-electron chi connectivity index (χ1n) is 11.5. The van der Waals surface area contributed by atoms with Gasteiger partial charge in [-0.1, -0.05) is 6.07 Å². The normalized spacial score (nSPS) is 13.1. The minimum atomic E-state index is -0.644. The molecule has 0 saturated heterocycles. The Morgan fingerprint density at radius 1 is 1.17 bits per heavy atom. The number of H-pyrrole nitrogens is 1. The predicted molar refractivity (Wildman–Crippen MR) is 134 cm³/mol. The number of hydrogen-bond acceptors (Lipinski definition) is 7. The summed E-state index contributed by atoms with van der Waals surface area (Å²) in [7, 11) is 0. The van der Waals surface area contributed by atoms with Crippen molar-refractivity contribution in [3.63, 3.8) is 0 Å². The number of ether oxygens (including phenoxy) is 1. The average Bonchev–Trinajstić information content (AvgIpc) is 3.25. The van der Waals surface area contributed by atoms with Crippen molar-refractivity contribution < 1.29 is 13.5 Å². The van der Waals surface area contributed by atoms with Gasteiger partial charge in [-0.15, -0.1) is 0 Å². The number of anilines is 4. The lowest BCUT2D eigenvalue weighted by Gasteiger charge is -2.34. The lowest BCUT2D eigenvalue weighted by molar-refractivity contribution is 0.287. The summed E-state index contributed by atoms with van der Waals surface area (Å²) in [6.45, 7) is 6.27. The van der Waals surface area contributed by atoms with Crippen LogP contribution >= 0.6 is 0 Å². The third-order valence-electron chi connectivity index (χ3n) is 5.90. The quantitative estimate of drug-likeness (QED) is 0.307. The van der Waals surface area contributed by atoms with Crippen LogP contribution in [0.1, 0.15) is 13.8 Å². The number of benzene rings is 2. The molecule has 0 unspecified atom stereocenters. The van der Waals surface area contributed by atoms with E-state index in [9.17, 15) is 8.78 Å². The number of halogens is 2. The molecule has 1 aliphatic heterocycles. The van der Waals surface area contributed by atoms with E-state index in [0.717, 1.165) is 22.8 Å². The Morgan fingerprint density at radius 2 is 2.03 bits per heavy atom. The summed E-state index contributed by atoms with van der Waals surface area (Å²) in [6, 6.07) is 10.9. The first kappa shape index (κ1) is 22.9. The molecule has 35 heavy (non-hydrogen) atoms. The van der Waals surface area contributed by atoms with Gasteiger partial charge in [-0.2, -0.15) is 0 Å². The third kappa shape index (κ3) is 4.57. The molecule has 182 valence electrons. The van der Waals surface area contributed by atoms with E-state index in [4.69, 9.17) is 10.5 Å². The standard InChI is InChI=1S/C25H27F2N7O/c1-14(2)34-7-8-35-24-18(26)9-16(10-21(24)34)23-19(27)13-30-25(33-23)32-22-11-15-3-4-17(29-6-5-28)12-20(15)31-22/h3-4,9-14,29,31H,5-8,28H2,1-2H3,(H,30,32,33). The first-order chi connectivity index (χ1) is 16.9. The summed E-state index contributed by atoms with van der Waals surface area (Å²) >= 11 is 0. The van der Waals surface area contributed by atoms with Gasteiger partial charge in [0.2, 0.25) is 5.95 Å². The predicted octanol–water partition coefficient (Wildman–Crippen LogP) is 4.62.